The van der Waals surface area contributed by atoms with Crippen molar-refractivity contribution in [2.45, 2.75) is 26.9 Å². The fourth-order valence-corrected chi connectivity index (χ4v) is 2.58. The van der Waals surface area contributed by atoms with Gasteiger partial charge in [-0.3, -0.25) is 4.79 Å². The molecular weight excluding hydrogens is 312 g/mol. The maximum Gasteiger partial charge on any atom is 0.251 e. The van der Waals surface area contributed by atoms with Crippen molar-refractivity contribution in [2.75, 3.05) is 19.8 Å². The van der Waals surface area contributed by atoms with E-state index in [0.29, 0.717) is 37.7 Å². The molecule has 1 aromatic heterocycles. The van der Waals surface area contributed by atoms with Crippen molar-refractivity contribution in [1.29, 1.82) is 0 Å². The lowest BCUT2D eigenvalue weighted by atomic mass is 10.2. The van der Waals surface area contributed by atoms with Gasteiger partial charge in [0.1, 0.15) is 12.4 Å². The Morgan fingerprint density at radius 1 is 1.39 bits per heavy atom. The van der Waals surface area contributed by atoms with Gasteiger partial charge in [-0.25, -0.2) is 4.98 Å². The Hall–Kier alpha value is -1.92. The minimum Gasteiger partial charge on any atom is -0.487 e. The van der Waals surface area contributed by atoms with Crippen molar-refractivity contribution in [1.82, 2.24) is 10.3 Å². The number of aromatic nitrogens is 1. The monoisotopic (exact) mass is 334 g/mol. The summed E-state index contributed by atoms with van der Waals surface area (Å²) in [6, 6.07) is 7.18. The van der Waals surface area contributed by atoms with Crippen LogP contribution >= 0.6 is 11.3 Å². The Bertz CT molecular complexity index is 628. The van der Waals surface area contributed by atoms with Gasteiger partial charge in [-0.05, 0) is 38.5 Å². The molecular formula is C17H22N2O3S. The fraction of sp³-hybridized carbons (Fsp3) is 0.412. The number of nitrogens with zero attached hydrogens (tertiary/aromatic N) is 1. The summed E-state index contributed by atoms with van der Waals surface area (Å²) in [4.78, 5) is 16.4. The van der Waals surface area contributed by atoms with E-state index in [1.54, 1.807) is 23.5 Å². The Labute approximate surface area is 140 Å². The van der Waals surface area contributed by atoms with Crippen LogP contribution in [0.3, 0.4) is 0 Å². The topological polar surface area (TPSA) is 60.5 Å². The van der Waals surface area contributed by atoms with Gasteiger partial charge in [0.2, 0.25) is 0 Å². The SMILES string of the molecule is CCOCCCNC(=O)c1cccc(OCc2csc(C)n2)c1. The molecule has 1 N–H and O–H groups in total. The highest BCUT2D eigenvalue weighted by Crippen LogP contribution is 2.16. The van der Waals surface area contributed by atoms with E-state index in [1.807, 2.05) is 31.4 Å². The first-order valence-corrected chi connectivity index (χ1v) is 8.57. The molecule has 124 valence electrons. The lowest BCUT2D eigenvalue weighted by molar-refractivity contribution is 0.0943. The van der Waals surface area contributed by atoms with Crippen LogP contribution in [0.2, 0.25) is 0 Å². The zero-order valence-electron chi connectivity index (χ0n) is 13.5. The maximum atomic E-state index is 12.1. The number of benzene rings is 1. The Morgan fingerprint density at radius 2 is 2.26 bits per heavy atom. The summed E-state index contributed by atoms with van der Waals surface area (Å²) < 4.78 is 10.9. The van der Waals surface area contributed by atoms with Crippen molar-refractivity contribution >= 4 is 17.2 Å². The summed E-state index contributed by atoms with van der Waals surface area (Å²) in [7, 11) is 0. The number of carbonyl (C=O) groups excluding carboxylic acids is 1. The quantitative estimate of drug-likeness (QED) is 0.716. The van der Waals surface area contributed by atoms with Gasteiger partial charge in [-0.2, -0.15) is 0 Å². The van der Waals surface area contributed by atoms with Crippen molar-refractivity contribution in [2.24, 2.45) is 0 Å². The molecule has 23 heavy (non-hydrogen) atoms. The van der Waals surface area contributed by atoms with E-state index >= 15 is 0 Å². The van der Waals surface area contributed by atoms with Gasteiger partial charge in [0, 0.05) is 30.7 Å². The lowest BCUT2D eigenvalue weighted by Gasteiger charge is -2.08. The predicted octanol–water partition coefficient (Wildman–Crippen LogP) is 3.19. The smallest absolute Gasteiger partial charge is 0.251 e. The molecule has 0 atom stereocenters. The highest BCUT2D eigenvalue weighted by Gasteiger charge is 2.07. The zero-order chi connectivity index (χ0) is 16.5. The minimum atomic E-state index is -0.101. The molecule has 0 bridgehead atoms. The predicted molar refractivity (Wildman–Crippen MR) is 91.1 cm³/mol. The first-order valence-electron chi connectivity index (χ1n) is 7.69. The highest BCUT2D eigenvalue weighted by molar-refractivity contribution is 7.09. The third-order valence-corrected chi connectivity index (χ3v) is 3.93. The number of aryl methyl sites for hydroxylation is 1. The number of thiazole rings is 1. The first kappa shape index (κ1) is 17.4. The van der Waals surface area contributed by atoms with E-state index in [0.717, 1.165) is 17.1 Å². The standard InChI is InChI=1S/C17H22N2O3S/c1-3-21-9-5-8-18-17(20)14-6-4-7-16(10-14)22-11-15-12-23-13(2)19-15/h4,6-7,10,12H,3,5,8-9,11H2,1-2H3,(H,18,20). The molecule has 0 aliphatic rings. The lowest BCUT2D eigenvalue weighted by Crippen LogP contribution is -2.25. The van der Waals surface area contributed by atoms with Crippen LogP contribution in [-0.2, 0) is 11.3 Å². The molecule has 0 fully saturated rings. The molecule has 0 saturated heterocycles. The number of hydrogen-bond donors (Lipinski definition) is 1. The third-order valence-electron chi connectivity index (χ3n) is 3.10. The molecule has 0 spiro atoms. The van der Waals surface area contributed by atoms with Gasteiger partial charge in [-0.1, -0.05) is 6.07 Å². The van der Waals surface area contributed by atoms with Gasteiger partial charge in [0.05, 0.1) is 10.7 Å². The highest BCUT2D eigenvalue weighted by atomic mass is 32.1. The van der Waals surface area contributed by atoms with E-state index in [1.165, 1.54) is 0 Å². The number of rotatable bonds is 9. The third kappa shape index (κ3) is 6.00. The molecule has 0 radical (unpaired) electrons. The molecule has 6 heteroatoms. The van der Waals surface area contributed by atoms with Gasteiger partial charge < -0.3 is 14.8 Å². The molecule has 2 rings (SSSR count). The number of carbonyl (C=O) groups is 1. The van der Waals surface area contributed by atoms with Crippen LogP contribution in [0.15, 0.2) is 29.6 Å². The van der Waals surface area contributed by atoms with Crippen LogP contribution in [-0.4, -0.2) is 30.6 Å². The Balaban J connectivity index is 1.82. The Kier molecular flexibility index (Phi) is 7.03. The second-order valence-electron chi connectivity index (χ2n) is 4.98. The van der Waals surface area contributed by atoms with Crippen LogP contribution in [0, 0.1) is 6.92 Å². The summed E-state index contributed by atoms with van der Waals surface area (Å²) in [5.41, 5.74) is 1.49. The average Bonchev–Trinajstić information content (AvgIpc) is 2.98. The van der Waals surface area contributed by atoms with Crippen molar-refractivity contribution in [3.05, 3.63) is 45.9 Å². The molecule has 0 aliphatic heterocycles. The summed E-state index contributed by atoms with van der Waals surface area (Å²) >= 11 is 1.60. The molecule has 2 aromatic rings. The number of nitrogens with one attached hydrogen (secondary N) is 1. The summed E-state index contributed by atoms with van der Waals surface area (Å²) in [6.07, 6.45) is 0.805. The molecule has 0 aliphatic carbocycles. The first-order chi connectivity index (χ1) is 11.2. The average molecular weight is 334 g/mol. The van der Waals surface area contributed by atoms with E-state index in [4.69, 9.17) is 9.47 Å². The molecule has 1 aromatic carbocycles. The normalized spacial score (nSPS) is 10.5. The zero-order valence-corrected chi connectivity index (χ0v) is 14.3. The van der Waals surface area contributed by atoms with E-state index < -0.39 is 0 Å². The molecule has 0 unspecified atom stereocenters. The van der Waals surface area contributed by atoms with E-state index in [2.05, 4.69) is 10.3 Å². The van der Waals surface area contributed by atoms with Gasteiger partial charge in [-0.15, -0.1) is 11.3 Å². The second-order valence-corrected chi connectivity index (χ2v) is 6.04. The van der Waals surface area contributed by atoms with Gasteiger partial charge in [0.15, 0.2) is 0 Å². The second kappa shape index (κ2) is 9.27. The van der Waals surface area contributed by atoms with Crippen LogP contribution in [0.1, 0.15) is 34.4 Å². The van der Waals surface area contributed by atoms with Gasteiger partial charge >= 0.3 is 0 Å². The summed E-state index contributed by atoms with van der Waals surface area (Å²) in [5.74, 6) is 0.564. The van der Waals surface area contributed by atoms with Crippen molar-refractivity contribution in [3.8, 4) is 5.75 Å². The number of hydrogen-bond acceptors (Lipinski definition) is 5. The number of amides is 1. The van der Waals surface area contributed by atoms with E-state index in [-0.39, 0.29) is 5.91 Å². The van der Waals surface area contributed by atoms with Crippen LogP contribution < -0.4 is 10.1 Å². The van der Waals surface area contributed by atoms with Crippen LogP contribution in [0.25, 0.3) is 0 Å². The van der Waals surface area contributed by atoms with E-state index in [9.17, 15) is 4.79 Å². The molecule has 1 heterocycles. The minimum absolute atomic E-state index is 0.101. The van der Waals surface area contributed by atoms with Crippen molar-refractivity contribution < 1.29 is 14.3 Å². The number of ether oxygens (including phenoxy) is 2. The van der Waals surface area contributed by atoms with Crippen LogP contribution in [0.4, 0.5) is 0 Å². The molecule has 5 nitrogen and oxygen atoms in total. The Morgan fingerprint density at radius 3 is 3.00 bits per heavy atom. The van der Waals surface area contributed by atoms with Crippen molar-refractivity contribution in [3.63, 3.8) is 0 Å². The molecule has 0 saturated carbocycles. The largest absolute Gasteiger partial charge is 0.487 e. The fourth-order valence-electron chi connectivity index (χ4n) is 1.98. The maximum absolute atomic E-state index is 12.1. The molecule has 1 amide bonds. The van der Waals surface area contributed by atoms with Crippen LogP contribution in [0.5, 0.6) is 5.75 Å². The summed E-state index contributed by atoms with van der Waals surface area (Å²) in [5, 5.41) is 5.87. The summed E-state index contributed by atoms with van der Waals surface area (Å²) in [6.45, 7) is 6.28. The van der Waals surface area contributed by atoms with Gasteiger partial charge in [0.25, 0.3) is 5.91 Å².